The minimum absolute atomic E-state index is 0.0795. The van der Waals surface area contributed by atoms with Gasteiger partial charge in [-0.3, -0.25) is 14.6 Å². The molecule has 0 aliphatic heterocycles. The number of hydrogen-bond donors (Lipinski definition) is 3. The largest absolute Gasteiger partial charge is 0.481 e. The smallest absolute Gasteiger partial charge is 0.310 e. The number of carboxylic acids is 1. The highest BCUT2D eigenvalue weighted by Gasteiger charge is 2.27. The highest BCUT2D eigenvalue weighted by molar-refractivity contribution is 5.80. The summed E-state index contributed by atoms with van der Waals surface area (Å²) in [5.41, 5.74) is 5.62. The SMILES string of the molecule is CC(C)(CNC(=O)Cc1ccc(N)cn1)C(=O)O. The van der Waals surface area contributed by atoms with Gasteiger partial charge in [0.15, 0.2) is 0 Å². The summed E-state index contributed by atoms with van der Waals surface area (Å²) in [6.45, 7) is 3.18. The zero-order valence-electron chi connectivity index (χ0n) is 10.4. The van der Waals surface area contributed by atoms with Crippen LogP contribution in [-0.2, 0) is 16.0 Å². The Hall–Kier alpha value is -2.11. The van der Waals surface area contributed by atoms with E-state index < -0.39 is 11.4 Å². The molecule has 1 rings (SSSR count). The number of rotatable bonds is 5. The summed E-state index contributed by atoms with van der Waals surface area (Å²) < 4.78 is 0. The van der Waals surface area contributed by atoms with Crippen LogP contribution in [0.15, 0.2) is 18.3 Å². The van der Waals surface area contributed by atoms with E-state index in [0.717, 1.165) is 0 Å². The van der Waals surface area contributed by atoms with Crippen molar-refractivity contribution < 1.29 is 14.7 Å². The molecule has 1 aromatic rings. The molecule has 0 saturated carbocycles. The van der Waals surface area contributed by atoms with E-state index in [1.54, 1.807) is 26.0 Å². The van der Waals surface area contributed by atoms with Crippen LogP contribution < -0.4 is 11.1 Å². The second kappa shape index (κ2) is 5.48. The molecular formula is C12H17N3O3. The van der Waals surface area contributed by atoms with Crippen molar-refractivity contribution in [2.45, 2.75) is 20.3 Å². The van der Waals surface area contributed by atoms with Crippen LogP contribution in [0, 0.1) is 5.41 Å². The summed E-state index contributed by atoms with van der Waals surface area (Å²) in [6.07, 6.45) is 1.58. The predicted molar refractivity (Wildman–Crippen MR) is 66.8 cm³/mol. The molecule has 4 N–H and O–H groups in total. The molecule has 1 amide bonds. The minimum atomic E-state index is -0.982. The minimum Gasteiger partial charge on any atom is -0.481 e. The highest BCUT2D eigenvalue weighted by atomic mass is 16.4. The molecule has 0 fully saturated rings. The first kappa shape index (κ1) is 14.0. The zero-order chi connectivity index (χ0) is 13.8. The lowest BCUT2D eigenvalue weighted by Gasteiger charge is -2.19. The van der Waals surface area contributed by atoms with Gasteiger partial charge in [0.2, 0.25) is 5.91 Å². The number of pyridine rings is 1. The van der Waals surface area contributed by atoms with Gasteiger partial charge in [0.1, 0.15) is 0 Å². The van der Waals surface area contributed by atoms with Crippen molar-refractivity contribution in [2.24, 2.45) is 5.41 Å². The maximum atomic E-state index is 11.6. The van der Waals surface area contributed by atoms with Crippen LogP contribution in [0.3, 0.4) is 0 Å². The number of anilines is 1. The first-order valence-electron chi connectivity index (χ1n) is 5.52. The van der Waals surface area contributed by atoms with Crippen LogP contribution in [0.5, 0.6) is 0 Å². The van der Waals surface area contributed by atoms with Gasteiger partial charge in [-0.05, 0) is 26.0 Å². The summed E-state index contributed by atoms with van der Waals surface area (Å²) in [5.74, 6) is -1.21. The third kappa shape index (κ3) is 4.04. The Morgan fingerprint density at radius 3 is 2.61 bits per heavy atom. The third-order valence-corrected chi connectivity index (χ3v) is 2.50. The van der Waals surface area contributed by atoms with Crippen LogP contribution >= 0.6 is 0 Å². The maximum Gasteiger partial charge on any atom is 0.310 e. The molecule has 1 aromatic heterocycles. The fraction of sp³-hybridized carbons (Fsp3) is 0.417. The molecule has 0 unspecified atom stereocenters. The van der Waals surface area contributed by atoms with Crippen molar-refractivity contribution in [3.63, 3.8) is 0 Å². The first-order chi connectivity index (χ1) is 8.31. The number of hydrogen-bond acceptors (Lipinski definition) is 4. The molecule has 0 aromatic carbocycles. The van der Waals surface area contributed by atoms with Crippen molar-refractivity contribution in [3.05, 3.63) is 24.0 Å². The van der Waals surface area contributed by atoms with Crippen LogP contribution in [-0.4, -0.2) is 28.5 Å². The van der Waals surface area contributed by atoms with Gasteiger partial charge in [-0.25, -0.2) is 0 Å². The Bertz CT molecular complexity index is 440. The maximum absolute atomic E-state index is 11.6. The molecule has 0 radical (unpaired) electrons. The van der Waals surface area contributed by atoms with Crippen molar-refractivity contribution in [1.29, 1.82) is 0 Å². The number of amides is 1. The molecule has 18 heavy (non-hydrogen) atoms. The molecule has 0 aliphatic carbocycles. The molecule has 6 heteroatoms. The molecular weight excluding hydrogens is 234 g/mol. The van der Waals surface area contributed by atoms with Crippen LogP contribution in [0.2, 0.25) is 0 Å². The quantitative estimate of drug-likeness (QED) is 0.704. The van der Waals surface area contributed by atoms with Crippen LogP contribution in [0.1, 0.15) is 19.5 Å². The number of nitrogens with two attached hydrogens (primary N) is 1. The van der Waals surface area contributed by atoms with Gasteiger partial charge < -0.3 is 16.2 Å². The average molecular weight is 251 g/mol. The molecule has 0 saturated heterocycles. The standard InChI is InChI=1S/C12H17N3O3/c1-12(2,11(17)18)7-15-10(16)5-9-4-3-8(13)6-14-9/h3-4,6H,5,7,13H2,1-2H3,(H,15,16)(H,17,18). The normalized spacial score (nSPS) is 11.0. The van der Waals surface area contributed by atoms with E-state index in [1.165, 1.54) is 6.20 Å². The van der Waals surface area contributed by atoms with E-state index in [0.29, 0.717) is 11.4 Å². The first-order valence-corrected chi connectivity index (χ1v) is 5.52. The van der Waals surface area contributed by atoms with Crippen molar-refractivity contribution in [1.82, 2.24) is 10.3 Å². The number of carboxylic acid groups (broad SMARTS) is 1. The number of carbonyl (C=O) groups excluding carboxylic acids is 1. The van der Waals surface area contributed by atoms with Gasteiger partial charge in [-0.1, -0.05) is 0 Å². The van der Waals surface area contributed by atoms with Gasteiger partial charge in [0.25, 0.3) is 0 Å². The average Bonchev–Trinajstić information content (AvgIpc) is 2.29. The van der Waals surface area contributed by atoms with Gasteiger partial charge in [-0.2, -0.15) is 0 Å². The fourth-order valence-corrected chi connectivity index (χ4v) is 1.16. The highest BCUT2D eigenvalue weighted by Crippen LogP contribution is 2.13. The molecule has 6 nitrogen and oxygen atoms in total. The number of nitrogen functional groups attached to an aromatic ring is 1. The molecule has 98 valence electrons. The summed E-state index contributed by atoms with van der Waals surface area (Å²) in [4.78, 5) is 26.4. The number of nitrogens with zero attached hydrogens (tertiary/aromatic N) is 1. The van der Waals surface area contributed by atoms with E-state index in [-0.39, 0.29) is 18.9 Å². The molecule has 0 bridgehead atoms. The summed E-state index contributed by atoms with van der Waals surface area (Å²) in [6, 6.07) is 3.33. The summed E-state index contributed by atoms with van der Waals surface area (Å²) in [7, 11) is 0. The lowest BCUT2D eigenvalue weighted by atomic mass is 9.94. The molecule has 1 heterocycles. The lowest BCUT2D eigenvalue weighted by Crippen LogP contribution is -2.39. The summed E-state index contributed by atoms with van der Waals surface area (Å²) >= 11 is 0. The van der Waals surface area contributed by atoms with Crippen LogP contribution in [0.4, 0.5) is 5.69 Å². The van der Waals surface area contributed by atoms with Crippen molar-refractivity contribution >= 4 is 17.6 Å². The number of aliphatic carboxylic acids is 1. The lowest BCUT2D eigenvalue weighted by molar-refractivity contribution is -0.146. The molecule has 0 atom stereocenters. The Labute approximate surface area is 105 Å². The van der Waals surface area contributed by atoms with Gasteiger partial charge in [0.05, 0.1) is 23.7 Å². The van der Waals surface area contributed by atoms with E-state index in [4.69, 9.17) is 10.8 Å². The Kier molecular flexibility index (Phi) is 4.25. The molecule has 0 spiro atoms. The molecule has 0 aliphatic rings. The second-order valence-corrected chi connectivity index (χ2v) is 4.73. The number of nitrogens with one attached hydrogen (secondary N) is 1. The van der Waals surface area contributed by atoms with Crippen molar-refractivity contribution in [2.75, 3.05) is 12.3 Å². The fourth-order valence-electron chi connectivity index (χ4n) is 1.16. The summed E-state index contributed by atoms with van der Waals surface area (Å²) in [5, 5.41) is 11.5. The van der Waals surface area contributed by atoms with Crippen LogP contribution in [0.25, 0.3) is 0 Å². The Balaban J connectivity index is 2.48. The van der Waals surface area contributed by atoms with E-state index in [2.05, 4.69) is 10.3 Å². The predicted octanol–water partition coefficient (Wildman–Crippen LogP) is 0.433. The topological polar surface area (TPSA) is 105 Å². The van der Waals surface area contributed by atoms with E-state index in [9.17, 15) is 9.59 Å². The van der Waals surface area contributed by atoms with Gasteiger partial charge >= 0.3 is 5.97 Å². The van der Waals surface area contributed by atoms with Gasteiger partial charge in [-0.15, -0.1) is 0 Å². The van der Waals surface area contributed by atoms with Gasteiger partial charge in [0, 0.05) is 12.2 Å². The van der Waals surface area contributed by atoms with E-state index >= 15 is 0 Å². The number of carbonyl (C=O) groups is 2. The Morgan fingerprint density at radius 1 is 1.44 bits per heavy atom. The van der Waals surface area contributed by atoms with E-state index in [1.807, 2.05) is 0 Å². The van der Waals surface area contributed by atoms with Crippen molar-refractivity contribution in [3.8, 4) is 0 Å². The third-order valence-electron chi connectivity index (χ3n) is 2.50. The number of aromatic nitrogens is 1. The Morgan fingerprint density at radius 2 is 2.11 bits per heavy atom. The zero-order valence-corrected chi connectivity index (χ0v) is 10.4. The monoisotopic (exact) mass is 251 g/mol. The second-order valence-electron chi connectivity index (χ2n) is 4.73.